The highest BCUT2D eigenvalue weighted by atomic mass is 79.9. The number of carbonyl (C=O) groups is 2. The number of ketones is 1. The largest absolute Gasteiger partial charge is 0.504 e. The van der Waals surface area contributed by atoms with Gasteiger partial charge in [-0.1, -0.05) is 18.2 Å². The molecule has 0 fully saturated rings. The lowest BCUT2D eigenvalue weighted by molar-refractivity contribution is -0.143. The highest BCUT2D eigenvalue weighted by molar-refractivity contribution is 9.10. The molecule has 6 nitrogen and oxygen atoms in total. The lowest BCUT2D eigenvalue weighted by Crippen LogP contribution is -2.09. The van der Waals surface area contributed by atoms with Gasteiger partial charge in [-0.2, -0.15) is 0 Å². The number of ether oxygens (including phenoxy) is 2. The van der Waals surface area contributed by atoms with Crippen LogP contribution in [0.25, 0.3) is 10.9 Å². The van der Waals surface area contributed by atoms with Crippen molar-refractivity contribution in [1.82, 2.24) is 4.98 Å². The van der Waals surface area contributed by atoms with E-state index in [1.165, 1.54) is 0 Å². The quantitative estimate of drug-likeness (QED) is 0.407. The van der Waals surface area contributed by atoms with Gasteiger partial charge in [0.2, 0.25) is 0 Å². The van der Waals surface area contributed by atoms with E-state index < -0.39 is 11.8 Å². The summed E-state index contributed by atoms with van der Waals surface area (Å²) in [6.45, 7) is 1.95. The molecule has 1 N–H and O–H groups in total. The molecule has 0 bridgehead atoms. The fourth-order valence-electron chi connectivity index (χ4n) is 2.64. The number of rotatable bonds is 7. The second-order valence-corrected chi connectivity index (χ2v) is 6.74. The van der Waals surface area contributed by atoms with E-state index in [1.807, 2.05) is 30.3 Å². The van der Waals surface area contributed by atoms with Crippen molar-refractivity contribution < 1.29 is 24.2 Å². The number of nitrogens with zero attached hydrogens (tertiary/aromatic N) is 1. The van der Waals surface area contributed by atoms with Gasteiger partial charge in [-0.3, -0.25) is 9.59 Å². The Bertz CT molecular complexity index is 1020. The minimum absolute atomic E-state index is 0.0688. The smallest absolute Gasteiger partial charge is 0.306 e. The van der Waals surface area contributed by atoms with Crippen LogP contribution in [0.4, 0.5) is 0 Å². The third-order valence-corrected chi connectivity index (χ3v) is 4.78. The van der Waals surface area contributed by atoms with E-state index in [4.69, 9.17) is 9.47 Å². The topological polar surface area (TPSA) is 85.7 Å². The number of para-hydroxylation sites is 1. The van der Waals surface area contributed by atoms with Gasteiger partial charge in [0.15, 0.2) is 11.5 Å². The molecule has 0 unspecified atom stereocenters. The van der Waals surface area contributed by atoms with E-state index >= 15 is 0 Å². The monoisotopic (exact) mass is 443 g/mol. The van der Waals surface area contributed by atoms with E-state index in [1.54, 1.807) is 25.1 Å². The van der Waals surface area contributed by atoms with Crippen molar-refractivity contribution in [2.45, 2.75) is 19.8 Å². The first-order valence-corrected chi connectivity index (χ1v) is 9.53. The second-order valence-electron chi connectivity index (χ2n) is 5.95. The van der Waals surface area contributed by atoms with E-state index in [0.717, 1.165) is 0 Å². The number of aromatic nitrogens is 1. The predicted octanol–water partition coefficient (Wildman–Crippen LogP) is 5.02. The van der Waals surface area contributed by atoms with Gasteiger partial charge in [0.25, 0.3) is 0 Å². The van der Waals surface area contributed by atoms with Crippen LogP contribution in [0, 0.1) is 0 Å². The minimum atomic E-state index is -0.464. The number of fused-ring (bicyclic) bond motifs is 1. The molecular weight excluding hydrogens is 426 g/mol. The molecule has 0 spiro atoms. The molecule has 2 aromatic carbocycles. The zero-order valence-corrected chi connectivity index (χ0v) is 16.7. The second kappa shape index (κ2) is 8.84. The van der Waals surface area contributed by atoms with Crippen LogP contribution in [0.1, 0.15) is 30.3 Å². The van der Waals surface area contributed by atoms with Crippen molar-refractivity contribution in [3.63, 3.8) is 0 Å². The summed E-state index contributed by atoms with van der Waals surface area (Å²) in [5.41, 5.74) is 0.387. The molecule has 0 aliphatic rings. The third kappa shape index (κ3) is 4.48. The van der Waals surface area contributed by atoms with Crippen molar-refractivity contribution in [2.24, 2.45) is 0 Å². The van der Waals surface area contributed by atoms with Gasteiger partial charge < -0.3 is 14.6 Å². The summed E-state index contributed by atoms with van der Waals surface area (Å²) >= 11 is 3.32. The maximum atomic E-state index is 12.5. The fourth-order valence-corrected chi connectivity index (χ4v) is 3.17. The van der Waals surface area contributed by atoms with Crippen LogP contribution in [-0.2, 0) is 9.53 Å². The zero-order chi connectivity index (χ0) is 20.1. The lowest BCUT2D eigenvalue weighted by atomic mass is 10.1. The van der Waals surface area contributed by atoms with E-state index in [-0.39, 0.29) is 30.9 Å². The average molecular weight is 444 g/mol. The Morgan fingerprint density at radius 1 is 1.07 bits per heavy atom. The van der Waals surface area contributed by atoms with Gasteiger partial charge >= 0.3 is 5.97 Å². The number of hydrogen-bond acceptors (Lipinski definition) is 6. The lowest BCUT2D eigenvalue weighted by Gasteiger charge is -2.10. The molecule has 0 radical (unpaired) electrons. The summed E-state index contributed by atoms with van der Waals surface area (Å²) in [5, 5.41) is 11.0. The van der Waals surface area contributed by atoms with Crippen molar-refractivity contribution in [3.05, 3.63) is 58.7 Å². The highest BCUT2D eigenvalue weighted by Crippen LogP contribution is 2.36. The summed E-state index contributed by atoms with van der Waals surface area (Å²) < 4.78 is 11.0. The van der Waals surface area contributed by atoms with Crippen LogP contribution in [0.3, 0.4) is 0 Å². The first-order chi connectivity index (χ1) is 13.5. The summed E-state index contributed by atoms with van der Waals surface area (Å²) in [4.78, 5) is 28.2. The Hall–Kier alpha value is -2.93. The Balaban J connectivity index is 1.89. The Kier molecular flexibility index (Phi) is 6.26. The molecule has 1 aromatic heterocycles. The number of aromatic hydroxyl groups is 1. The average Bonchev–Trinajstić information content (AvgIpc) is 2.70. The molecule has 28 heavy (non-hydrogen) atoms. The summed E-state index contributed by atoms with van der Waals surface area (Å²) in [7, 11) is 0. The molecule has 1 heterocycles. The van der Waals surface area contributed by atoms with Crippen molar-refractivity contribution in [1.29, 1.82) is 0 Å². The number of Topliss-reactive ketones (excluding diaryl/α,β-unsaturated/α-hetero) is 1. The van der Waals surface area contributed by atoms with Gasteiger partial charge in [-0.25, -0.2) is 4.98 Å². The first-order valence-electron chi connectivity index (χ1n) is 8.73. The number of pyridine rings is 1. The molecule has 0 amide bonds. The first kappa shape index (κ1) is 19.8. The molecule has 0 aliphatic heterocycles. The number of halogens is 1. The molecule has 3 aromatic rings. The number of benzene rings is 2. The van der Waals surface area contributed by atoms with Gasteiger partial charge in [-0.05, 0) is 47.1 Å². The Morgan fingerprint density at radius 3 is 2.54 bits per heavy atom. The molecule has 144 valence electrons. The molecule has 7 heteroatoms. The molecule has 3 rings (SSSR count). The SMILES string of the molecule is CCOC(=O)CCC(=O)c1nc2cc(Oc3ccccc3)ccc2c(Br)c1O. The summed E-state index contributed by atoms with van der Waals surface area (Å²) in [6, 6.07) is 14.5. The molecule has 0 saturated heterocycles. The zero-order valence-electron chi connectivity index (χ0n) is 15.1. The van der Waals surface area contributed by atoms with Gasteiger partial charge in [-0.15, -0.1) is 0 Å². The summed E-state index contributed by atoms with van der Waals surface area (Å²) in [5.74, 6) is 0.0634. The van der Waals surface area contributed by atoms with E-state index in [0.29, 0.717) is 26.9 Å². The number of hydrogen-bond donors (Lipinski definition) is 1. The van der Waals surface area contributed by atoms with Gasteiger partial charge in [0.05, 0.1) is 23.0 Å². The van der Waals surface area contributed by atoms with Crippen molar-refractivity contribution in [2.75, 3.05) is 6.61 Å². The molecule has 0 saturated carbocycles. The van der Waals surface area contributed by atoms with Gasteiger partial charge in [0, 0.05) is 17.9 Å². The predicted molar refractivity (Wildman–Crippen MR) is 108 cm³/mol. The van der Waals surface area contributed by atoms with Crippen LogP contribution in [-0.4, -0.2) is 28.4 Å². The van der Waals surface area contributed by atoms with Crippen LogP contribution in [0.15, 0.2) is 53.0 Å². The van der Waals surface area contributed by atoms with Crippen LogP contribution < -0.4 is 4.74 Å². The molecule has 0 aliphatic carbocycles. The Morgan fingerprint density at radius 2 is 1.82 bits per heavy atom. The van der Waals surface area contributed by atoms with E-state index in [9.17, 15) is 14.7 Å². The maximum absolute atomic E-state index is 12.5. The van der Waals surface area contributed by atoms with Crippen LogP contribution >= 0.6 is 15.9 Å². The van der Waals surface area contributed by atoms with Gasteiger partial charge in [0.1, 0.15) is 17.2 Å². The number of carbonyl (C=O) groups excluding carboxylic acids is 2. The normalized spacial score (nSPS) is 10.6. The maximum Gasteiger partial charge on any atom is 0.306 e. The molecular formula is C21H18BrNO5. The number of esters is 1. The fraction of sp³-hybridized carbons (Fsp3) is 0.190. The highest BCUT2D eigenvalue weighted by Gasteiger charge is 2.20. The van der Waals surface area contributed by atoms with Crippen molar-refractivity contribution >= 4 is 38.6 Å². The summed E-state index contributed by atoms with van der Waals surface area (Å²) in [6.07, 6.45) is -0.168. The van der Waals surface area contributed by atoms with Crippen LogP contribution in [0.2, 0.25) is 0 Å². The Labute approximate surface area is 170 Å². The van der Waals surface area contributed by atoms with Crippen LogP contribution in [0.5, 0.6) is 17.2 Å². The standard InChI is InChI=1S/C21H18BrNO5/c1-2-27-18(25)11-10-17(24)20-21(26)19(22)15-9-8-14(12-16(15)23-20)28-13-6-4-3-5-7-13/h3-9,12,26H,2,10-11H2,1H3. The molecule has 0 atom stereocenters. The third-order valence-electron chi connectivity index (χ3n) is 3.97. The minimum Gasteiger partial charge on any atom is -0.504 e. The van der Waals surface area contributed by atoms with E-state index in [2.05, 4.69) is 20.9 Å². The van der Waals surface area contributed by atoms with Crippen molar-refractivity contribution in [3.8, 4) is 17.2 Å².